The first-order chi connectivity index (χ1) is 7.88. The molecular formula is C14H21NS. The maximum Gasteiger partial charge on any atom is 0.0208 e. The first-order valence-electron chi connectivity index (χ1n) is 5.84. The number of nitrogens with one attached hydrogen (secondary N) is 1. The lowest BCUT2D eigenvalue weighted by atomic mass is 10.1. The van der Waals surface area contributed by atoms with E-state index in [-0.39, 0.29) is 0 Å². The molecule has 0 unspecified atom stereocenters. The van der Waals surface area contributed by atoms with Gasteiger partial charge in [-0.2, -0.15) is 11.8 Å². The topological polar surface area (TPSA) is 12.0 Å². The van der Waals surface area contributed by atoms with Gasteiger partial charge in [0.15, 0.2) is 0 Å². The molecule has 0 amide bonds. The smallest absolute Gasteiger partial charge is 0.0208 e. The number of benzene rings is 1. The predicted octanol–water partition coefficient (Wildman–Crippen LogP) is 3.26. The third-order valence-electron chi connectivity index (χ3n) is 2.47. The largest absolute Gasteiger partial charge is 0.312 e. The SMILES string of the molecule is C=CCSCCNCc1ccccc1CC. The van der Waals surface area contributed by atoms with Gasteiger partial charge in [-0.15, -0.1) is 6.58 Å². The summed E-state index contributed by atoms with van der Waals surface area (Å²) in [5.41, 5.74) is 2.88. The van der Waals surface area contributed by atoms with Crippen molar-refractivity contribution in [2.24, 2.45) is 0 Å². The highest BCUT2D eigenvalue weighted by molar-refractivity contribution is 7.99. The average molecular weight is 235 g/mol. The van der Waals surface area contributed by atoms with Crippen LogP contribution in [0.4, 0.5) is 0 Å². The highest BCUT2D eigenvalue weighted by Crippen LogP contribution is 2.08. The van der Waals surface area contributed by atoms with Crippen LogP contribution in [0.5, 0.6) is 0 Å². The van der Waals surface area contributed by atoms with Crippen LogP contribution >= 0.6 is 11.8 Å². The Labute approximate surface area is 103 Å². The number of aryl methyl sites for hydroxylation is 1. The van der Waals surface area contributed by atoms with Crippen molar-refractivity contribution >= 4 is 11.8 Å². The molecule has 0 atom stereocenters. The van der Waals surface area contributed by atoms with E-state index in [4.69, 9.17) is 0 Å². The number of hydrogen-bond donors (Lipinski definition) is 1. The first-order valence-corrected chi connectivity index (χ1v) is 7.00. The van der Waals surface area contributed by atoms with Crippen LogP contribution < -0.4 is 5.32 Å². The summed E-state index contributed by atoms with van der Waals surface area (Å²) in [5, 5.41) is 3.48. The van der Waals surface area contributed by atoms with E-state index in [1.807, 2.05) is 17.8 Å². The summed E-state index contributed by atoms with van der Waals surface area (Å²) in [6, 6.07) is 8.65. The molecule has 1 aromatic carbocycles. The van der Waals surface area contributed by atoms with Gasteiger partial charge in [-0.05, 0) is 17.5 Å². The fourth-order valence-electron chi connectivity index (χ4n) is 1.61. The fourth-order valence-corrected chi connectivity index (χ4v) is 2.23. The lowest BCUT2D eigenvalue weighted by Gasteiger charge is -2.08. The summed E-state index contributed by atoms with van der Waals surface area (Å²) in [7, 11) is 0. The van der Waals surface area contributed by atoms with Crippen molar-refractivity contribution in [2.75, 3.05) is 18.1 Å². The van der Waals surface area contributed by atoms with E-state index >= 15 is 0 Å². The molecule has 0 aromatic heterocycles. The van der Waals surface area contributed by atoms with Gasteiger partial charge in [-0.3, -0.25) is 0 Å². The Kier molecular flexibility index (Phi) is 7.02. The number of rotatable bonds is 8. The van der Waals surface area contributed by atoms with Crippen LogP contribution in [0, 0.1) is 0 Å². The van der Waals surface area contributed by atoms with Crippen molar-refractivity contribution in [3.05, 3.63) is 48.0 Å². The molecule has 0 aliphatic carbocycles. The Hall–Kier alpha value is -0.730. The third-order valence-corrected chi connectivity index (χ3v) is 3.44. The minimum Gasteiger partial charge on any atom is -0.312 e. The van der Waals surface area contributed by atoms with Crippen molar-refractivity contribution in [1.29, 1.82) is 0 Å². The Morgan fingerprint density at radius 1 is 1.31 bits per heavy atom. The molecule has 1 aromatic rings. The molecule has 0 fully saturated rings. The van der Waals surface area contributed by atoms with Crippen LogP contribution in [-0.2, 0) is 13.0 Å². The molecule has 88 valence electrons. The second-order valence-electron chi connectivity index (χ2n) is 3.66. The predicted molar refractivity (Wildman–Crippen MR) is 75.0 cm³/mol. The molecule has 1 rings (SSSR count). The lowest BCUT2D eigenvalue weighted by molar-refractivity contribution is 0.726. The summed E-state index contributed by atoms with van der Waals surface area (Å²) < 4.78 is 0. The quantitative estimate of drug-likeness (QED) is 0.548. The van der Waals surface area contributed by atoms with Gasteiger partial charge in [-0.1, -0.05) is 37.3 Å². The molecule has 1 nitrogen and oxygen atoms in total. The van der Waals surface area contributed by atoms with Gasteiger partial charge in [0.25, 0.3) is 0 Å². The van der Waals surface area contributed by atoms with E-state index in [2.05, 4.69) is 43.1 Å². The summed E-state index contributed by atoms with van der Waals surface area (Å²) in [6.07, 6.45) is 3.07. The second kappa shape index (κ2) is 8.43. The van der Waals surface area contributed by atoms with Crippen molar-refractivity contribution in [1.82, 2.24) is 5.32 Å². The van der Waals surface area contributed by atoms with Gasteiger partial charge in [0.05, 0.1) is 0 Å². The molecule has 0 bridgehead atoms. The molecule has 2 heteroatoms. The van der Waals surface area contributed by atoms with E-state index in [9.17, 15) is 0 Å². The Balaban J connectivity index is 2.23. The van der Waals surface area contributed by atoms with Gasteiger partial charge < -0.3 is 5.32 Å². The van der Waals surface area contributed by atoms with Crippen LogP contribution in [0.15, 0.2) is 36.9 Å². The Bertz CT molecular complexity index is 309. The summed E-state index contributed by atoms with van der Waals surface area (Å²) >= 11 is 1.92. The van der Waals surface area contributed by atoms with Crippen LogP contribution in [0.25, 0.3) is 0 Å². The molecule has 0 saturated carbocycles. The summed E-state index contributed by atoms with van der Waals surface area (Å²) in [6.45, 7) is 7.97. The summed E-state index contributed by atoms with van der Waals surface area (Å²) in [5.74, 6) is 2.20. The van der Waals surface area contributed by atoms with E-state index in [0.717, 1.165) is 31.0 Å². The van der Waals surface area contributed by atoms with Crippen LogP contribution in [0.2, 0.25) is 0 Å². The maximum absolute atomic E-state index is 3.71. The monoisotopic (exact) mass is 235 g/mol. The molecule has 16 heavy (non-hydrogen) atoms. The third kappa shape index (κ3) is 4.86. The van der Waals surface area contributed by atoms with Gasteiger partial charge >= 0.3 is 0 Å². The zero-order valence-corrected chi connectivity index (χ0v) is 10.9. The van der Waals surface area contributed by atoms with Crippen molar-refractivity contribution in [3.63, 3.8) is 0 Å². The minimum atomic E-state index is 0.985. The molecule has 0 aliphatic heterocycles. The molecule has 1 N–H and O–H groups in total. The molecule has 0 heterocycles. The van der Waals surface area contributed by atoms with Crippen LogP contribution in [0.3, 0.4) is 0 Å². The molecule has 0 radical (unpaired) electrons. The standard InChI is InChI=1S/C14H21NS/c1-3-10-16-11-9-15-12-14-8-6-5-7-13(14)4-2/h3,5-8,15H,1,4,9-12H2,2H3. The van der Waals surface area contributed by atoms with Crippen LogP contribution in [-0.4, -0.2) is 18.1 Å². The van der Waals surface area contributed by atoms with Gasteiger partial charge in [0.1, 0.15) is 0 Å². The van der Waals surface area contributed by atoms with Crippen molar-refractivity contribution in [3.8, 4) is 0 Å². The van der Waals surface area contributed by atoms with Crippen LogP contribution in [0.1, 0.15) is 18.1 Å². The van der Waals surface area contributed by atoms with E-state index in [1.165, 1.54) is 11.1 Å². The first kappa shape index (κ1) is 13.3. The van der Waals surface area contributed by atoms with Gasteiger partial charge in [0.2, 0.25) is 0 Å². The zero-order valence-electron chi connectivity index (χ0n) is 10.0. The maximum atomic E-state index is 3.71. The average Bonchev–Trinajstić information content (AvgIpc) is 2.34. The minimum absolute atomic E-state index is 0.985. The molecule has 0 saturated heterocycles. The fraction of sp³-hybridized carbons (Fsp3) is 0.429. The Morgan fingerprint density at radius 2 is 2.06 bits per heavy atom. The molecular weight excluding hydrogens is 214 g/mol. The van der Waals surface area contributed by atoms with Gasteiger partial charge in [-0.25, -0.2) is 0 Å². The van der Waals surface area contributed by atoms with E-state index < -0.39 is 0 Å². The van der Waals surface area contributed by atoms with E-state index in [1.54, 1.807) is 0 Å². The number of thioether (sulfide) groups is 1. The van der Waals surface area contributed by atoms with E-state index in [0.29, 0.717) is 0 Å². The Morgan fingerprint density at radius 3 is 2.75 bits per heavy atom. The molecule has 0 spiro atoms. The molecule has 0 aliphatic rings. The second-order valence-corrected chi connectivity index (χ2v) is 4.81. The highest BCUT2D eigenvalue weighted by Gasteiger charge is 1.98. The highest BCUT2D eigenvalue weighted by atomic mass is 32.2. The van der Waals surface area contributed by atoms with Crippen molar-refractivity contribution < 1.29 is 0 Å². The van der Waals surface area contributed by atoms with Crippen molar-refractivity contribution in [2.45, 2.75) is 19.9 Å². The number of hydrogen-bond acceptors (Lipinski definition) is 2. The summed E-state index contributed by atoms with van der Waals surface area (Å²) in [4.78, 5) is 0. The normalized spacial score (nSPS) is 10.3. The van der Waals surface area contributed by atoms with Gasteiger partial charge in [0, 0.05) is 24.6 Å². The lowest BCUT2D eigenvalue weighted by Crippen LogP contribution is -2.17. The zero-order chi connectivity index (χ0) is 11.6.